The van der Waals surface area contributed by atoms with Crippen molar-refractivity contribution in [2.45, 2.75) is 39.3 Å². The van der Waals surface area contributed by atoms with E-state index < -0.39 is 0 Å². The molecule has 5 nitrogen and oxygen atoms in total. The summed E-state index contributed by atoms with van der Waals surface area (Å²) in [5.41, 5.74) is 2.96. The molecule has 21 heavy (non-hydrogen) atoms. The van der Waals surface area contributed by atoms with Gasteiger partial charge in [0, 0.05) is 19.0 Å². The van der Waals surface area contributed by atoms with Gasteiger partial charge in [-0.2, -0.15) is 0 Å². The first-order valence-corrected chi connectivity index (χ1v) is 7.47. The van der Waals surface area contributed by atoms with Gasteiger partial charge >= 0.3 is 0 Å². The van der Waals surface area contributed by atoms with Crippen molar-refractivity contribution in [3.05, 3.63) is 35.8 Å². The lowest BCUT2D eigenvalue weighted by Crippen LogP contribution is -2.39. The van der Waals surface area contributed by atoms with E-state index in [4.69, 9.17) is 4.74 Å². The molecule has 1 aliphatic heterocycles. The fourth-order valence-corrected chi connectivity index (χ4v) is 2.80. The van der Waals surface area contributed by atoms with Gasteiger partial charge in [0.25, 0.3) is 0 Å². The number of hydrogen-bond acceptors (Lipinski definition) is 3. The van der Waals surface area contributed by atoms with Crippen LogP contribution in [0.2, 0.25) is 0 Å². The van der Waals surface area contributed by atoms with Crippen LogP contribution in [-0.2, 0) is 16.1 Å². The molecule has 0 radical (unpaired) electrons. The summed E-state index contributed by atoms with van der Waals surface area (Å²) in [6.07, 6.45) is 5.80. The zero-order chi connectivity index (χ0) is 14.8. The first-order valence-electron chi connectivity index (χ1n) is 7.47. The van der Waals surface area contributed by atoms with Gasteiger partial charge in [-0.05, 0) is 44.4 Å². The Morgan fingerprint density at radius 1 is 1.57 bits per heavy atom. The van der Waals surface area contributed by atoms with Crippen LogP contribution >= 0.6 is 0 Å². The minimum absolute atomic E-state index is 0.00229. The minimum Gasteiger partial charge on any atom is -0.378 e. The smallest absolute Gasteiger partial charge is 0.226 e. The Balaban J connectivity index is 1.64. The first kappa shape index (κ1) is 14.1. The van der Waals surface area contributed by atoms with Crippen LogP contribution in [0.15, 0.2) is 24.5 Å². The van der Waals surface area contributed by atoms with Gasteiger partial charge in [-0.1, -0.05) is 0 Å². The maximum Gasteiger partial charge on any atom is 0.226 e. The Bertz CT molecular complexity index is 650. The summed E-state index contributed by atoms with van der Waals surface area (Å²) in [6.45, 7) is 5.23. The summed E-state index contributed by atoms with van der Waals surface area (Å²) < 4.78 is 7.52. The number of fused-ring (bicyclic) bond motifs is 1. The second kappa shape index (κ2) is 5.85. The van der Waals surface area contributed by atoms with E-state index in [9.17, 15) is 4.79 Å². The maximum atomic E-state index is 12.2. The molecule has 0 aliphatic carbocycles. The van der Waals surface area contributed by atoms with Crippen LogP contribution in [0.5, 0.6) is 0 Å². The largest absolute Gasteiger partial charge is 0.378 e. The zero-order valence-electron chi connectivity index (χ0n) is 12.5. The molecule has 3 heterocycles. The van der Waals surface area contributed by atoms with E-state index in [0.29, 0.717) is 6.54 Å². The molecule has 1 N–H and O–H groups in total. The minimum atomic E-state index is -0.0435. The SMILES string of the molecule is Cc1ccn2cc(CNC(=O)C3CCCOC3C)nc2c1. The third-order valence-electron chi connectivity index (χ3n) is 4.05. The number of aromatic nitrogens is 2. The van der Waals surface area contributed by atoms with E-state index in [1.54, 1.807) is 0 Å². The number of pyridine rings is 1. The fourth-order valence-electron chi connectivity index (χ4n) is 2.80. The van der Waals surface area contributed by atoms with E-state index in [-0.39, 0.29) is 17.9 Å². The summed E-state index contributed by atoms with van der Waals surface area (Å²) in [5, 5.41) is 2.98. The molecule has 1 saturated heterocycles. The van der Waals surface area contributed by atoms with Gasteiger partial charge in [0.15, 0.2) is 0 Å². The fraction of sp³-hybridized carbons (Fsp3) is 0.500. The van der Waals surface area contributed by atoms with Crippen LogP contribution in [-0.4, -0.2) is 28.0 Å². The average molecular weight is 287 g/mol. The highest BCUT2D eigenvalue weighted by Crippen LogP contribution is 2.20. The van der Waals surface area contributed by atoms with Crippen molar-refractivity contribution >= 4 is 11.6 Å². The Labute approximate surface area is 124 Å². The number of nitrogens with zero attached hydrogens (tertiary/aromatic N) is 2. The van der Waals surface area contributed by atoms with E-state index in [2.05, 4.69) is 10.3 Å². The molecule has 0 aromatic carbocycles. The standard InChI is InChI=1S/C16H21N3O2/c1-11-5-6-19-10-13(18-15(19)8-11)9-17-16(20)14-4-3-7-21-12(14)2/h5-6,8,10,12,14H,3-4,7,9H2,1-2H3,(H,17,20). The number of carbonyl (C=O) groups excluding carboxylic acids is 1. The topological polar surface area (TPSA) is 55.6 Å². The average Bonchev–Trinajstić information content (AvgIpc) is 2.87. The van der Waals surface area contributed by atoms with Gasteiger partial charge in [0.05, 0.1) is 24.3 Å². The van der Waals surface area contributed by atoms with Crippen molar-refractivity contribution in [3.63, 3.8) is 0 Å². The van der Waals surface area contributed by atoms with Crippen LogP contribution in [0.25, 0.3) is 5.65 Å². The Morgan fingerprint density at radius 3 is 3.24 bits per heavy atom. The molecule has 1 aliphatic rings. The van der Waals surface area contributed by atoms with Crippen molar-refractivity contribution in [2.75, 3.05) is 6.61 Å². The molecule has 112 valence electrons. The molecule has 5 heteroatoms. The molecule has 1 fully saturated rings. The second-order valence-electron chi connectivity index (χ2n) is 5.74. The van der Waals surface area contributed by atoms with Crippen molar-refractivity contribution in [1.29, 1.82) is 0 Å². The summed E-state index contributed by atoms with van der Waals surface area (Å²) in [5.74, 6) is 0.0217. The highest BCUT2D eigenvalue weighted by Gasteiger charge is 2.28. The van der Waals surface area contributed by atoms with Gasteiger partial charge in [0.2, 0.25) is 5.91 Å². The first-order chi connectivity index (χ1) is 10.1. The third-order valence-corrected chi connectivity index (χ3v) is 4.05. The van der Waals surface area contributed by atoms with E-state index in [1.807, 2.05) is 42.8 Å². The lowest BCUT2D eigenvalue weighted by Gasteiger charge is -2.27. The molecular weight excluding hydrogens is 266 g/mol. The lowest BCUT2D eigenvalue weighted by molar-refractivity contribution is -0.133. The molecule has 1 amide bonds. The van der Waals surface area contributed by atoms with Crippen LogP contribution in [0.4, 0.5) is 0 Å². The number of rotatable bonds is 3. The predicted octanol–water partition coefficient (Wildman–Crippen LogP) is 2.07. The summed E-state index contributed by atoms with van der Waals surface area (Å²) in [4.78, 5) is 16.8. The number of imidazole rings is 1. The quantitative estimate of drug-likeness (QED) is 0.940. The van der Waals surface area contributed by atoms with Gasteiger partial charge < -0.3 is 14.5 Å². The highest BCUT2D eigenvalue weighted by atomic mass is 16.5. The van der Waals surface area contributed by atoms with E-state index in [0.717, 1.165) is 30.8 Å². The van der Waals surface area contributed by atoms with Crippen LogP contribution in [0.1, 0.15) is 31.0 Å². The van der Waals surface area contributed by atoms with Gasteiger partial charge in [0.1, 0.15) is 5.65 Å². The van der Waals surface area contributed by atoms with Crippen molar-refractivity contribution in [2.24, 2.45) is 5.92 Å². The summed E-state index contributed by atoms with van der Waals surface area (Å²) >= 11 is 0. The van der Waals surface area contributed by atoms with Gasteiger partial charge in [-0.3, -0.25) is 4.79 Å². The predicted molar refractivity (Wildman–Crippen MR) is 79.9 cm³/mol. The van der Waals surface area contributed by atoms with Crippen molar-refractivity contribution in [3.8, 4) is 0 Å². The highest BCUT2D eigenvalue weighted by molar-refractivity contribution is 5.79. The molecular formula is C16H21N3O2. The number of carbonyl (C=O) groups is 1. The number of hydrogen-bond donors (Lipinski definition) is 1. The van der Waals surface area contributed by atoms with Crippen molar-refractivity contribution < 1.29 is 9.53 Å². The number of aryl methyl sites for hydroxylation is 1. The molecule has 0 spiro atoms. The number of nitrogens with one attached hydrogen (secondary N) is 1. The molecule has 2 atom stereocenters. The molecule has 2 aromatic rings. The number of ether oxygens (including phenoxy) is 1. The Hall–Kier alpha value is -1.88. The van der Waals surface area contributed by atoms with Gasteiger partial charge in [-0.25, -0.2) is 4.98 Å². The number of amides is 1. The monoisotopic (exact) mass is 287 g/mol. The van der Waals surface area contributed by atoms with Crippen molar-refractivity contribution in [1.82, 2.24) is 14.7 Å². The van der Waals surface area contributed by atoms with E-state index >= 15 is 0 Å². The molecule has 0 saturated carbocycles. The zero-order valence-corrected chi connectivity index (χ0v) is 12.5. The Morgan fingerprint density at radius 2 is 2.43 bits per heavy atom. The normalized spacial score (nSPS) is 22.4. The van der Waals surface area contributed by atoms with E-state index in [1.165, 1.54) is 5.56 Å². The molecule has 0 bridgehead atoms. The summed E-state index contributed by atoms with van der Waals surface area (Å²) in [7, 11) is 0. The molecule has 2 aromatic heterocycles. The molecule has 3 rings (SSSR count). The van der Waals surface area contributed by atoms with Crippen LogP contribution in [0, 0.1) is 12.8 Å². The Kier molecular flexibility index (Phi) is 3.92. The van der Waals surface area contributed by atoms with Crippen LogP contribution in [0.3, 0.4) is 0 Å². The van der Waals surface area contributed by atoms with Gasteiger partial charge in [-0.15, -0.1) is 0 Å². The molecule has 2 unspecified atom stereocenters. The second-order valence-corrected chi connectivity index (χ2v) is 5.74. The third kappa shape index (κ3) is 3.08. The summed E-state index contributed by atoms with van der Waals surface area (Å²) in [6, 6.07) is 4.07. The lowest BCUT2D eigenvalue weighted by atomic mass is 9.94. The maximum absolute atomic E-state index is 12.2. The van der Waals surface area contributed by atoms with Crippen LogP contribution < -0.4 is 5.32 Å².